The second-order valence-electron chi connectivity index (χ2n) is 11.0. The fraction of sp³-hybridized carbons (Fsp3) is 0. The van der Waals surface area contributed by atoms with E-state index in [0.717, 1.165) is 22.6 Å². The number of para-hydroxylation sites is 2. The van der Waals surface area contributed by atoms with Crippen LogP contribution in [0.15, 0.2) is 188 Å². The Morgan fingerprint density at radius 2 is 0.756 bits per heavy atom. The molecule has 0 atom stereocenters. The van der Waals surface area contributed by atoms with E-state index in [0.29, 0.717) is 0 Å². The van der Waals surface area contributed by atoms with Crippen LogP contribution in [0.1, 0.15) is 11.1 Å². The molecule has 214 valence electrons. The summed E-state index contributed by atoms with van der Waals surface area (Å²) in [5.74, 6) is 0. The minimum Gasteiger partial charge on any atom is -0.309 e. The normalized spacial score (nSPS) is 11.0. The van der Waals surface area contributed by atoms with Gasteiger partial charge in [0.15, 0.2) is 0 Å². The highest BCUT2D eigenvalue weighted by atomic mass is 15.1. The number of nitrogens with zero attached hydrogens (tertiary/aromatic N) is 1. The van der Waals surface area contributed by atoms with E-state index in [4.69, 9.17) is 0 Å². The molecule has 7 rings (SSSR count). The van der Waals surface area contributed by atoms with Crippen LogP contribution in [0.25, 0.3) is 45.5 Å². The van der Waals surface area contributed by atoms with Crippen molar-refractivity contribution in [1.82, 2.24) is 0 Å². The molecule has 0 amide bonds. The van der Waals surface area contributed by atoms with E-state index in [1.807, 2.05) is 0 Å². The Kier molecular flexibility index (Phi) is 8.15. The molecule has 7 aromatic rings. The Morgan fingerprint density at radius 3 is 1.38 bits per heavy atom. The van der Waals surface area contributed by atoms with Gasteiger partial charge < -0.3 is 4.90 Å². The van der Waals surface area contributed by atoms with Crippen molar-refractivity contribution in [3.63, 3.8) is 0 Å². The zero-order valence-electron chi connectivity index (χ0n) is 25.0. The molecule has 0 aliphatic rings. The van der Waals surface area contributed by atoms with Crippen molar-refractivity contribution in [3.8, 4) is 33.4 Å². The molecule has 0 heterocycles. The summed E-state index contributed by atoms with van der Waals surface area (Å²) in [5, 5.41) is 0. The summed E-state index contributed by atoms with van der Waals surface area (Å²) in [7, 11) is 0. The minimum absolute atomic E-state index is 1.10. The molecule has 1 nitrogen and oxygen atoms in total. The van der Waals surface area contributed by atoms with Gasteiger partial charge in [0.2, 0.25) is 0 Å². The minimum atomic E-state index is 1.10. The van der Waals surface area contributed by atoms with Gasteiger partial charge in [-0.15, -0.1) is 0 Å². The SMILES string of the molecule is C(=Cc1ccccc1N(c1ccc(-c2ccc(-c3ccccc3)cc2)cc1)c1ccccc1-c1ccccc1)c1ccccc1. The number of anilines is 3. The van der Waals surface area contributed by atoms with Crippen molar-refractivity contribution in [1.29, 1.82) is 0 Å². The Balaban J connectivity index is 1.31. The Labute approximate surface area is 266 Å². The lowest BCUT2D eigenvalue weighted by molar-refractivity contribution is 1.28. The molecule has 0 aliphatic heterocycles. The first kappa shape index (κ1) is 27.9. The number of benzene rings is 7. The van der Waals surface area contributed by atoms with Crippen LogP contribution in [0.4, 0.5) is 17.1 Å². The smallest absolute Gasteiger partial charge is 0.0540 e. The van der Waals surface area contributed by atoms with Gasteiger partial charge in [-0.2, -0.15) is 0 Å². The summed E-state index contributed by atoms with van der Waals surface area (Å²) in [6.07, 6.45) is 4.40. The lowest BCUT2D eigenvalue weighted by Crippen LogP contribution is -2.12. The van der Waals surface area contributed by atoms with E-state index in [2.05, 4.69) is 205 Å². The van der Waals surface area contributed by atoms with Gasteiger partial charge in [0.25, 0.3) is 0 Å². The third-order valence-electron chi connectivity index (χ3n) is 8.11. The van der Waals surface area contributed by atoms with Gasteiger partial charge in [-0.05, 0) is 63.2 Å². The lowest BCUT2D eigenvalue weighted by atomic mass is 9.99. The van der Waals surface area contributed by atoms with E-state index in [-0.39, 0.29) is 0 Å². The molecule has 0 radical (unpaired) electrons. The van der Waals surface area contributed by atoms with Crippen molar-refractivity contribution in [3.05, 3.63) is 199 Å². The lowest BCUT2D eigenvalue weighted by Gasteiger charge is -2.29. The van der Waals surface area contributed by atoms with Gasteiger partial charge in [0.05, 0.1) is 11.4 Å². The highest BCUT2D eigenvalue weighted by Crippen LogP contribution is 2.42. The first-order valence-corrected chi connectivity index (χ1v) is 15.4. The Hall–Kier alpha value is -5.92. The third kappa shape index (κ3) is 6.25. The molecular formula is C44H33N. The molecule has 0 unspecified atom stereocenters. The van der Waals surface area contributed by atoms with Crippen LogP contribution in [0.3, 0.4) is 0 Å². The van der Waals surface area contributed by atoms with E-state index in [1.54, 1.807) is 0 Å². The van der Waals surface area contributed by atoms with Crippen LogP contribution in [0.5, 0.6) is 0 Å². The fourth-order valence-corrected chi connectivity index (χ4v) is 5.81. The van der Waals surface area contributed by atoms with Crippen LogP contribution in [0.2, 0.25) is 0 Å². The van der Waals surface area contributed by atoms with Crippen LogP contribution >= 0.6 is 0 Å². The van der Waals surface area contributed by atoms with Gasteiger partial charge in [0, 0.05) is 11.3 Å². The Morgan fingerprint density at radius 1 is 0.311 bits per heavy atom. The van der Waals surface area contributed by atoms with Gasteiger partial charge in [-0.3, -0.25) is 0 Å². The van der Waals surface area contributed by atoms with Crippen LogP contribution in [0, 0.1) is 0 Å². The predicted molar refractivity (Wildman–Crippen MR) is 193 cm³/mol. The van der Waals surface area contributed by atoms with Crippen molar-refractivity contribution in [2.75, 3.05) is 4.90 Å². The van der Waals surface area contributed by atoms with Crippen molar-refractivity contribution >= 4 is 29.2 Å². The summed E-state index contributed by atoms with van der Waals surface area (Å²) in [6, 6.07) is 66.7. The first-order chi connectivity index (χ1) is 22.3. The quantitative estimate of drug-likeness (QED) is 0.163. The maximum Gasteiger partial charge on any atom is 0.0540 e. The summed E-state index contributed by atoms with van der Waals surface area (Å²) in [5.41, 5.74) is 12.9. The summed E-state index contributed by atoms with van der Waals surface area (Å²) in [4.78, 5) is 2.38. The van der Waals surface area contributed by atoms with Crippen LogP contribution in [-0.2, 0) is 0 Å². The standard InChI is InChI=1S/C44H33N/c1-4-14-34(15-5-1)24-25-40-20-10-12-22-43(40)45(44-23-13-11-21-42(44)39-18-8-3-9-19-39)41-32-30-38(31-33-41)37-28-26-36(27-29-37)35-16-6-2-7-17-35/h1-33H. The number of hydrogen-bond acceptors (Lipinski definition) is 1. The maximum absolute atomic E-state index is 2.38. The highest BCUT2D eigenvalue weighted by Gasteiger charge is 2.19. The van der Waals surface area contributed by atoms with Crippen LogP contribution in [-0.4, -0.2) is 0 Å². The van der Waals surface area contributed by atoms with Gasteiger partial charge in [-0.1, -0.05) is 176 Å². The number of hydrogen-bond donors (Lipinski definition) is 0. The average molecular weight is 576 g/mol. The predicted octanol–water partition coefficient (Wildman–Crippen LogP) is 12.3. The van der Waals surface area contributed by atoms with Crippen molar-refractivity contribution in [2.24, 2.45) is 0 Å². The second-order valence-corrected chi connectivity index (χ2v) is 11.0. The maximum atomic E-state index is 2.38. The summed E-state index contributed by atoms with van der Waals surface area (Å²) < 4.78 is 0. The largest absolute Gasteiger partial charge is 0.309 e. The van der Waals surface area contributed by atoms with E-state index >= 15 is 0 Å². The number of rotatable bonds is 8. The highest BCUT2D eigenvalue weighted by molar-refractivity contribution is 5.92. The van der Waals surface area contributed by atoms with E-state index in [1.165, 1.54) is 38.9 Å². The molecule has 1 heteroatoms. The molecule has 0 saturated heterocycles. The van der Waals surface area contributed by atoms with E-state index < -0.39 is 0 Å². The first-order valence-electron chi connectivity index (χ1n) is 15.4. The fourth-order valence-electron chi connectivity index (χ4n) is 5.81. The Bertz CT molecular complexity index is 2010. The molecule has 0 aliphatic carbocycles. The molecule has 0 bridgehead atoms. The van der Waals surface area contributed by atoms with Crippen molar-refractivity contribution < 1.29 is 0 Å². The molecular weight excluding hydrogens is 542 g/mol. The van der Waals surface area contributed by atoms with Crippen molar-refractivity contribution in [2.45, 2.75) is 0 Å². The van der Waals surface area contributed by atoms with Gasteiger partial charge in [-0.25, -0.2) is 0 Å². The monoisotopic (exact) mass is 575 g/mol. The molecule has 0 spiro atoms. The molecule has 7 aromatic carbocycles. The van der Waals surface area contributed by atoms with Crippen LogP contribution < -0.4 is 4.90 Å². The molecule has 0 saturated carbocycles. The average Bonchev–Trinajstić information content (AvgIpc) is 3.13. The third-order valence-corrected chi connectivity index (χ3v) is 8.11. The van der Waals surface area contributed by atoms with Gasteiger partial charge in [0.1, 0.15) is 0 Å². The van der Waals surface area contributed by atoms with Gasteiger partial charge >= 0.3 is 0 Å². The topological polar surface area (TPSA) is 3.24 Å². The summed E-state index contributed by atoms with van der Waals surface area (Å²) in [6.45, 7) is 0. The molecule has 0 N–H and O–H groups in total. The molecule has 45 heavy (non-hydrogen) atoms. The zero-order chi connectivity index (χ0) is 30.3. The second kappa shape index (κ2) is 13.2. The molecule has 0 aromatic heterocycles. The zero-order valence-corrected chi connectivity index (χ0v) is 25.0. The summed E-state index contributed by atoms with van der Waals surface area (Å²) >= 11 is 0. The molecule has 0 fully saturated rings. The van der Waals surface area contributed by atoms with E-state index in [9.17, 15) is 0 Å².